The molecule has 0 fully saturated rings. The first-order valence-electron chi connectivity index (χ1n) is 10.0. The Hall–Kier alpha value is -3.57. The van der Waals surface area contributed by atoms with Crippen molar-refractivity contribution in [1.82, 2.24) is 4.98 Å². The molecule has 4 rings (SSSR count). The lowest BCUT2D eigenvalue weighted by Crippen LogP contribution is -2.32. The number of amides is 1. The van der Waals surface area contributed by atoms with Gasteiger partial charge in [-0.1, -0.05) is 67.1 Å². The Morgan fingerprint density at radius 3 is 2.35 bits per heavy atom. The van der Waals surface area contributed by atoms with E-state index in [2.05, 4.69) is 10.3 Å². The van der Waals surface area contributed by atoms with E-state index >= 15 is 0 Å². The van der Waals surface area contributed by atoms with Crippen LogP contribution in [0.3, 0.4) is 0 Å². The molecule has 0 aliphatic carbocycles. The molecule has 0 saturated heterocycles. The number of ketones is 1. The summed E-state index contributed by atoms with van der Waals surface area (Å²) in [5, 5.41) is 4.15. The fourth-order valence-corrected chi connectivity index (χ4v) is 3.57. The second kappa shape index (κ2) is 9.06. The van der Waals surface area contributed by atoms with E-state index in [1.807, 2.05) is 31.2 Å². The number of aromatic nitrogens is 1. The third-order valence-electron chi connectivity index (χ3n) is 4.96. The molecule has 31 heavy (non-hydrogen) atoms. The monoisotopic (exact) mass is 432 g/mol. The van der Waals surface area contributed by atoms with Gasteiger partial charge in [-0.2, -0.15) is 0 Å². The maximum atomic E-state index is 13.2. The highest BCUT2D eigenvalue weighted by Gasteiger charge is 2.25. The number of rotatable bonds is 7. The molecule has 2 N–H and O–H groups in total. The zero-order valence-corrected chi connectivity index (χ0v) is 17.6. The molecule has 0 radical (unpaired) electrons. The maximum Gasteiger partial charge on any atom is 0.265 e. The van der Waals surface area contributed by atoms with Crippen LogP contribution in [0.5, 0.6) is 5.75 Å². The first kappa shape index (κ1) is 20.7. The van der Waals surface area contributed by atoms with E-state index in [0.29, 0.717) is 45.0 Å². The highest BCUT2D eigenvalue weighted by Crippen LogP contribution is 2.31. The predicted octanol–water partition coefficient (Wildman–Crippen LogP) is 5.85. The summed E-state index contributed by atoms with van der Waals surface area (Å²) < 4.78 is 5.86. The molecule has 1 aromatic heterocycles. The van der Waals surface area contributed by atoms with Gasteiger partial charge in [-0.15, -0.1) is 0 Å². The van der Waals surface area contributed by atoms with Crippen molar-refractivity contribution in [3.05, 3.63) is 95.1 Å². The number of hydrogen-bond acceptors (Lipinski definition) is 3. The molecule has 1 heterocycles. The lowest BCUT2D eigenvalue weighted by atomic mass is 10.1. The minimum absolute atomic E-state index is 0.222. The Bertz CT molecular complexity index is 1220. The Balaban J connectivity index is 1.70. The van der Waals surface area contributed by atoms with Crippen LogP contribution < -0.4 is 10.1 Å². The van der Waals surface area contributed by atoms with Crippen LogP contribution in [0.25, 0.3) is 10.9 Å². The van der Waals surface area contributed by atoms with Crippen LogP contribution in [-0.2, 0) is 4.79 Å². The summed E-state index contributed by atoms with van der Waals surface area (Å²) >= 11 is 6.13. The Kier molecular flexibility index (Phi) is 6.05. The molecule has 3 aromatic carbocycles. The van der Waals surface area contributed by atoms with Crippen molar-refractivity contribution in [2.24, 2.45) is 0 Å². The summed E-state index contributed by atoms with van der Waals surface area (Å²) in [5.74, 6) is 0.0559. The van der Waals surface area contributed by atoms with Crippen molar-refractivity contribution in [3.8, 4) is 5.75 Å². The fourth-order valence-electron chi connectivity index (χ4n) is 3.39. The van der Waals surface area contributed by atoms with Gasteiger partial charge in [0, 0.05) is 21.5 Å². The molecule has 0 bridgehead atoms. The first-order chi connectivity index (χ1) is 15.1. The number of carbonyl (C=O) groups is 2. The van der Waals surface area contributed by atoms with Crippen LogP contribution in [0, 0.1) is 0 Å². The van der Waals surface area contributed by atoms with E-state index < -0.39 is 6.10 Å². The Morgan fingerprint density at radius 2 is 1.68 bits per heavy atom. The summed E-state index contributed by atoms with van der Waals surface area (Å²) in [6.45, 7) is 1.87. The molecule has 1 atom stereocenters. The van der Waals surface area contributed by atoms with Crippen molar-refractivity contribution in [2.75, 3.05) is 5.32 Å². The van der Waals surface area contributed by atoms with Crippen LogP contribution >= 0.6 is 11.6 Å². The van der Waals surface area contributed by atoms with Gasteiger partial charge in [0.15, 0.2) is 6.10 Å². The second-order valence-electron chi connectivity index (χ2n) is 7.08. The van der Waals surface area contributed by atoms with Crippen LogP contribution in [0.4, 0.5) is 5.69 Å². The highest BCUT2D eigenvalue weighted by atomic mass is 35.5. The molecule has 0 spiro atoms. The van der Waals surface area contributed by atoms with Gasteiger partial charge >= 0.3 is 0 Å². The molecular formula is C25H21ClN2O3. The number of anilines is 1. The number of benzene rings is 3. The summed E-state index contributed by atoms with van der Waals surface area (Å²) in [6, 6.07) is 23.3. The quantitative estimate of drug-likeness (QED) is 0.360. The van der Waals surface area contributed by atoms with Gasteiger partial charge in [-0.25, -0.2) is 0 Å². The van der Waals surface area contributed by atoms with Gasteiger partial charge in [-0.3, -0.25) is 9.59 Å². The van der Waals surface area contributed by atoms with E-state index in [0.717, 1.165) is 0 Å². The molecule has 0 aliphatic heterocycles. The zero-order chi connectivity index (χ0) is 21.8. The van der Waals surface area contributed by atoms with E-state index in [9.17, 15) is 9.59 Å². The SMILES string of the molecule is CCC(Oc1ccccc1)C(=O)Nc1c(C(=O)c2ccccc2)[nH]c2cc(Cl)ccc12. The molecule has 1 amide bonds. The normalized spacial score (nSPS) is 11.8. The molecular weight excluding hydrogens is 412 g/mol. The number of aromatic amines is 1. The lowest BCUT2D eigenvalue weighted by Gasteiger charge is -2.17. The average molecular weight is 433 g/mol. The number of ether oxygens (including phenoxy) is 1. The number of H-pyrrole nitrogens is 1. The Morgan fingerprint density at radius 1 is 1.00 bits per heavy atom. The minimum Gasteiger partial charge on any atom is -0.481 e. The summed E-state index contributed by atoms with van der Waals surface area (Å²) in [6.07, 6.45) is -0.240. The van der Waals surface area contributed by atoms with Gasteiger partial charge in [-0.05, 0) is 36.8 Å². The molecule has 1 unspecified atom stereocenters. The molecule has 6 heteroatoms. The maximum absolute atomic E-state index is 13.2. The van der Waals surface area contributed by atoms with E-state index in [1.54, 1.807) is 54.6 Å². The molecule has 156 valence electrons. The van der Waals surface area contributed by atoms with Gasteiger partial charge in [0.1, 0.15) is 11.4 Å². The summed E-state index contributed by atoms with van der Waals surface area (Å²) in [7, 11) is 0. The second-order valence-corrected chi connectivity index (χ2v) is 7.51. The van der Waals surface area contributed by atoms with Crippen LogP contribution in [0.2, 0.25) is 5.02 Å². The third kappa shape index (κ3) is 4.47. The summed E-state index contributed by atoms with van der Waals surface area (Å²) in [4.78, 5) is 29.4. The van der Waals surface area contributed by atoms with Crippen molar-refractivity contribution >= 4 is 39.9 Å². The van der Waals surface area contributed by atoms with Gasteiger partial charge in [0.05, 0.1) is 5.69 Å². The van der Waals surface area contributed by atoms with E-state index in [-0.39, 0.29) is 11.7 Å². The molecule has 0 saturated carbocycles. The van der Waals surface area contributed by atoms with Crippen LogP contribution in [0.1, 0.15) is 29.4 Å². The van der Waals surface area contributed by atoms with Gasteiger partial charge < -0.3 is 15.0 Å². The number of fused-ring (bicyclic) bond motifs is 1. The van der Waals surface area contributed by atoms with Crippen LogP contribution in [0.15, 0.2) is 78.9 Å². The largest absolute Gasteiger partial charge is 0.481 e. The zero-order valence-electron chi connectivity index (χ0n) is 16.9. The fraction of sp³-hybridized carbons (Fsp3) is 0.120. The van der Waals surface area contributed by atoms with Crippen LogP contribution in [-0.4, -0.2) is 22.8 Å². The topological polar surface area (TPSA) is 71.2 Å². The smallest absolute Gasteiger partial charge is 0.265 e. The highest BCUT2D eigenvalue weighted by molar-refractivity contribution is 6.31. The minimum atomic E-state index is -0.709. The van der Waals surface area contributed by atoms with Crippen molar-refractivity contribution in [1.29, 1.82) is 0 Å². The summed E-state index contributed by atoms with van der Waals surface area (Å²) in [5.41, 5.74) is 1.90. The van der Waals surface area contributed by atoms with Crippen molar-refractivity contribution in [3.63, 3.8) is 0 Å². The molecule has 5 nitrogen and oxygen atoms in total. The number of para-hydroxylation sites is 1. The standard InChI is InChI=1S/C25H21ClN2O3/c1-2-21(31-18-11-7-4-8-12-18)25(30)28-22-19-14-13-17(26)15-20(19)27-23(22)24(29)16-9-5-3-6-10-16/h3-15,21,27H,2H2,1H3,(H,28,30). The predicted molar refractivity (Wildman–Crippen MR) is 123 cm³/mol. The van der Waals surface area contributed by atoms with Crippen molar-refractivity contribution < 1.29 is 14.3 Å². The number of carbonyl (C=O) groups excluding carboxylic acids is 2. The van der Waals surface area contributed by atoms with E-state index in [4.69, 9.17) is 16.3 Å². The Labute approximate surface area is 185 Å². The lowest BCUT2D eigenvalue weighted by molar-refractivity contribution is -0.122. The van der Waals surface area contributed by atoms with Crippen molar-refractivity contribution in [2.45, 2.75) is 19.4 Å². The number of hydrogen-bond donors (Lipinski definition) is 2. The number of nitrogens with one attached hydrogen (secondary N) is 2. The third-order valence-corrected chi connectivity index (χ3v) is 5.19. The average Bonchev–Trinajstić information content (AvgIpc) is 3.15. The molecule has 4 aromatic rings. The van der Waals surface area contributed by atoms with Gasteiger partial charge in [0.25, 0.3) is 5.91 Å². The molecule has 0 aliphatic rings. The number of halogens is 1. The van der Waals surface area contributed by atoms with E-state index in [1.165, 1.54) is 0 Å². The first-order valence-corrected chi connectivity index (χ1v) is 10.4. The van der Waals surface area contributed by atoms with Gasteiger partial charge in [0.2, 0.25) is 5.78 Å².